The highest BCUT2D eigenvalue weighted by Gasteiger charge is 2.12. The first kappa shape index (κ1) is 11.9. The van der Waals surface area contributed by atoms with Crippen LogP contribution in [0.25, 0.3) is 33.5 Å². The zero-order chi connectivity index (χ0) is 14.4. The number of hydrogen-bond acceptors (Lipinski definition) is 4. The summed E-state index contributed by atoms with van der Waals surface area (Å²) in [5.74, 6) is 0.105. The van der Waals surface area contributed by atoms with Crippen molar-refractivity contribution in [3.63, 3.8) is 0 Å². The Labute approximate surface area is 119 Å². The fraction of sp³-hybridized carbons (Fsp3) is 0.0667. The van der Waals surface area contributed by atoms with E-state index >= 15 is 0 Å². The van der Waals surface area contributed by atoms with E-state index < -0.39 is 0 Å². The molecule has 0 saturated carbocycles. The topological polar surface area (TPSA) is 56.5 Å². The van der Waals surface area contributed by atoms with Crippen molar-refractivity contribution in [2.75, 3.05) is 0 Å². The minimum absolute atomic E-state index is 0.334. The Morgan fingerprint density at radius 3 is 2.95 bits per heavy atom. The zero-order valence-electron chi connectivity index (χ0n) is 11.2. The van der Waals surface area contributed by atoms with Gasteiger partial charge in [-0.25, -0.2) is 19.3 Å². The third-order valence-corrected chi connectivity index (χ3v) is 3.36. The van der Waals surface area contributed by atoms with Gasteiger partial charge in [0.25, 0.3) is 0 Å². The summed E-state index contributed by atoms with van der Waals surface area (Å²) < 4.78 is 15.6. The summed E-state index contributed by atoms with van der Waals surface area (Å²) in [4.78, 5) is 17.3. The Kier molecular flexibility index (Phi) is 2.44. The Morgan fingerprint density at radius 2 is 2.05 bits per heavy atom. The summed E-state index contributed by atoms with van der Waals surface area (Å²) in [7, 11) is 1.86. The lowest BCUT2D eigenvalue weighted by Crippen LogP contribution is -1.95. The molecule has 0 unspecified atom stereocenters. The number of benzene rings is 1. The van der Waals surface area contributed by atoms with Gasteiger partial charge in [-0.3, -0.25) is 4.98 Å². The summed E-state index contributed by atoms with van der Waals surface area (Å²) in [6.07, 6.45) is 4.98. The van der Waals surface area contributed by atoms with Crippen LogP contribution < -0.4 is 0 Å². The van der Waals surface area contributed by atoms with Gasteiger partial charge in [-0.2, -0.15) is 0 Å². The van der Waals surface area contributed by atoms with Crippen molar-refractivity contribution in [3.8, 4) is 11.4 Å². The van der Waals surface area contributed by atoms with Gasteiger partial charge in [-0.15, -0.1) is 0 Å². The van der Waals surface area contributed by atoms with Crippen LogP contribution in [0.2, 0.25) is 0 Å². The molecule has 3 aromatic heterocycles. The monoisotopic (exact) mass is 279 g/mol. The predicted molar refractivity (Wildman–Crippen MR) is 77.0 cm³/mol. The standard InChI is InChI=1S/C15H10FN5/c1-21-8-19-12-7-18-14(20-15(12)21)11-6-10(16)5-9-3-2-4-17-13(9)11/h2-8H,1H3. The van der Waals surface area contributed by atoms with Crippen LogP contribution in [0.4, 0.5) is 4.39 Å². The van der Waals surface area contributed by atoms with E-state index in [0.29, 0.717) is 28.1 Å². The summed E-state index contributed by atoms with van der Waals surface area (Å²) in [5.41, 5.74) is 2.66. The summed E-state index contributed by atoms with van der Waals surface area (Å²) in [6.45, 7) is 0. The third kappa shape index (κ3) is 1.84. The predicted octanol–water partition coefficient (Wildman–Crippen LogP) is 2.72. The summed E-state index contributed by atoms with van der Waals surface area (Å²) >= 11 is 0. The fourth-order valence-electron chi connectivity index (χ4n) is 2.38. The van der Waals surface area contributed by atoms with Gasteiger partial charge < -0.3 is 4.57 Å². The van der Waals surface area contributed by atoms with Crippen molar-refractivity contribution in [3.05, 3.63) is 48.8 Å². The van der Waals surface area contributed by atoms with Gasteiger partial charge in [0.2, 0.25) is 0 Å². The van der Waals surface area contributed by atoms with Gasteiger partial charge in [-0.05, 0) is 18.2 Å². The molecular formula is C15H10FN5. The van der Waals surface area contributed by atoms with Gasteiger partial charge in [0.1, 0.15) is 11.3 Å². The fourth-order valence-corrected chi connectivity index (χ4v) is 2.38. The van der Waals surface area contributed by atoms with Crippen LogP contribution in [0, 0.1) is 5.82 Å². The molecule has 0 amide bonds. The van der Waals surface area contributed by atoms with Crippen molar-refractivity contribution in [1.82, 2.24) is 24.5 Å². The number of aromatic nitrogens is 5. The second-order valence-electron chi connectivity index (χ2n) is 4.79. The van der Waals surface area contributed by atoms with Crippen molar-refractivity contribution < 1.29 is 4.39 Å². The number of rotatable bonds is 1. The second-order valence-corrected chi connectivity index (χ2v) is 4.79. The van der Waals surface area contributed by atoms with Crippen LogP contribution in [0.15, 0.2) is 43.0 Å². The van der Waals surface area contributed by atoms with E-state index in [9.17, 15) is 4.39 Å². The van der Waals surface area contributed by atoms with Gasteiger partial charge in [-0.1, -0.05) is 6.07 Å². The molecule has 1 aromatic carbocycles. The van der Waals surface area contributed by atoms with Crippen molar-refractivity contribution in [1.29, 1.82) is 0 Å². The van der Waals surface area contributed by atoms with Crippen LogP contribution >= 0.6 is 0 Å². The second kappa shape index (κ2) is 4.31. The Bertz CT molecular complexity index is 976. The lowest BCUT2D eigenvalue weighted by atomic mass is 10.1. The van der Waals surface area contributed by atoms with E-state index in [2.05, 4.69) is 19.9 Å². The minimum atomic E-state index is -0.334. The van der Waals surface area contributed by atoms with Crippen LogP contribution in [-0.4, -0.2) is 24.5 Å². The molecule has 5 nitrogen and oxygen atoms in total. The molecule has 3 heterocycles. The molecule has 0 aliphatic rings. The number of nitrogens with zero attached hydrogens (tertiary/aromatic N) is 5. The molecule has 0 bridgehead atoms. The van der Waals surface area contributed by atoms with Gasteiger partial charge in [0, 0.05) is 24.2 Å². The Morgan fingerprint density at radius 1 is 1.14 bits per heavy atom. The molecule has 0 radical (unpaired) electrons. The number of fused-ring (bicyclic) bond motifs is 2. The molecule has 0 fully saturated rings. The molecule has 4 rings (SSSR count). The van der Waals surface area contributed by atoms with Crippen LogP contribution in [-0.2, 0) is 7.05 Å². The lowest BCUT2D eigenvalue weighted by Gasteiger charge is -2.05. The molecule has 0 atom stereocenters. The van der Waals surface area contributed by atoms with E-state index in [1.807, 2.05) is 13.1 Å². The zero-order valence-corrected chi connectivity index (χ0v) is 11.2. The number of hydrogen-bond donors (Lipinski definition) is 0. The highest BCUT2D eigenvalue weighted by Crippen LogP contribution is 2.26. The largest absolute Gasteiger partial charge is 0.318 e. The first-order chi connectivity index (χ1) is 10.2. The van der Waals surface area contributed by atoms with Crippen LogP contribution in [0.5, 0.6) is 0 Å². The highest BCUT2D eigenvalue weighted by molar-refractivity contribution is 5.92. The van der Waals surface area contributed by atoms with Crippen molar-refractivity contribution in [2.24, 2.45) is 7.05 Å². The first-order valence-electron chi connectivity index (χ1n) is 6.41. The van der Waals surface area contributed by atoms with E-state index in [0.717, 1.165) is 5.39 Å². The average Bonchev–Trinajstić information content (AvgIpc) is 2.87. The highest BCUT2D eigenvalue weighted by atomic mass is 19.1. The maximum absolute atomic E-state index is 13.8. The first-order valence-corrected chi connectivity index (χ1v) is 6.41. The maximum Gasteiger partial charge on any atom is 0.163 e. The van der Waals surface area contributed by atoms with E-state index in [1.54, 1.807) is 29.4 Å². The van der Waals surface area contributed by atoms with Crippen molar-refractivity contribution >= 4 is 22.1 Å². The van der Waals surface area contributed by atoms with Crippen LogP contribution in [0.1, 0.15) is 0 Å². The summed E-state index contributed by atoms with van der Waals surface area (Å²) in [6, 6.07) is 6.45. The molecule has 4 aromatic rings. The molecule has 0 aliphatic heterocycles. The van der Waals surface area contributed by atoms with Crippen molar-refractivity contribution in [2.45, 2.75) is 0 Å². The normalized spacial score (nSPS) is 11.3. The lowest BCUT2D eigenvalue weighted by molar-refractivity contribution is 0.630. The molecular weight excluding hydrogens is 269 g/mol. The Hall–Kier alpha value is -2.89. The van der Waals surface area contributed by atoms with Crippen LogP contribution in [0.3, 0.4) is 0 Å². The number of pyridine rings is 1. The van der Waals surface area contributed by atoms with E-state index in [-0.39, 0.29) is 5.82 Å². The smallest absolute Gasteiger partial charge is 0.163 e. The molecule has 21 heavy (non-hydrogen) atoms. The quantitative estimate of drug-likeness (QED) is 0.537. The maximum atomic E-state index is 13.8. The van der Waals surface area contributed by atoms with Gasteiger partial charge in [0.05, 0.1) is 18.0 Å². The number of halogens is 1. The van der Waals surface area contributed by atoms with E-state index in [1.165, 1.54) is 12.1 Å². The van der Waals surface area contributed by atoms with Gasteiger partial charge >= 0.3 is 0 Å². The minimum Gasteiger partial charge on any atom is -0.318 e. The number of aryl methyl sites for hydroxylation is 1. The molecule has 6 heteroatoms. The molecule has 0 aliphatic carbocycles. The molecule has 0 N–H and O–H groups in total. The average molecular weight is 279 g/mol. The SMILES string of the molecule is Cn1cnc2cnc(-c3cc(F)cc4cccnc34)nc21. The molecule has 0 spiro atoms. The van der Waals surface area contributed by atoms with E-state index in [4.69, 9.17) is 0 Å². The molecule has 0 saturated heterocycles. The number of imidazole rings is 1. The Balaban J connectivity index is 2.05. The van der Waals surface area contributed by atoms with Gasteiger partial charge in [0.15, 0.2) is 11.5 Å². The molecule has 102 valence electrons. The summed E-state index contributed by atoms with van der Waals surface area (Å²) in [5, 5.41) is 0.723. The third-order valence-electron chi connectivity index (χ3n) is 3.36.